The van der Waals surface area contributed by atoms with Gasteiger partial charge in [0.05, 0.1) is 12.3 Å². The molecule has 0 aromatic heterocycles. The number of rotatable bonds is 6. The molecule has 0 aliphatic rings. The largest absolute Gasteiger partial charge is 0.370 e. The fourth-order valence-corrected chi connectivity index (χ4v) is 2.27. The summed E-state index contributed by atoms with van der Waals surface area (Å²) in [7, 11) is -3.00. The van der Waals surface area contributed by atoms with Crippen LogP contribution in [0.2, 0.25) is 0 Å². The Labute approximate surface area is 121 Å². The second-order valence-corrected chi connectivity index (χ2v) is 7.38. The molecule has 0 heterocycles. The summed E-state index contributed by atoms with van der Waals surface area (Å²) in [6.07, 6.45) is 0. The number of nitrogens with two attached hydrogens (primary N) is 1. The number of hydrogen-bond acceptors (Lipinski definition) is 3. The molecule has 0 fully saturated rings. The lowest BCUT2D eigenvalue weighted by molar-refractivity contribution is 0.597. The first-order chi connectivity index (χ1) is 9.34. The van der Waals surface area contributed by atoms with E-state index in [2.05, 4.69) is 30.2 Å². The Hall–Kier alpha value is -1.56. The molecule has 3 N–H and O–H groups in total. The van der Waals surface area contributed by atoms with Crippen LogP contribution in [0.4, 0.5) is 5.69 Å². The number of anilines is 1. The zero-order chi connectivity index (χ0) is 15.2. The van der Waals surface area contributed by atoms with Crippen molar-refractivity contribution in [3.63, 3.8) is 0 Å². The summed E-state index contributed by atoms with van der Waals surface area (Å²) in [6.45, 7) is 6.04. The second kappa shape index (κ2) is 7.28. The van der Waals surface area contributed by atoms with E-state index in [1.54, 1.807) is 6.92 Å². The van der Waals surface area contributed by atoms with Gasteiger partial charge in [-0.25, -0.2) is 8.42 Å². The lowest BCUT2D eigenvalue weighted by Crippen LogP contribution is -2.24. The smallest absolute Gasteiger partial charge is 0.193 e. The molecule has 6 heteroatoms. The van der Waals surface area contributed by atoms with Gasteiger partial charge in [-0.15, -0.1) is 0 Å². The summed E-state index contributed by atoms with van der Waals surface area (Å²) >= 11 is 0. The van der Waals surface area contributed by atoms with Crippen molar-refractivity contribution in [2.24, 2.45) is 10.7 Å². The third kappa shape index (κ3) is 5.61. The molecular formula is C14H23N3O2S. The molecule has 0 atom stereocenters. The molecule has 0 amide bonds. The van der Waals surface area contributed by atoms with Gasteiger partial charge >= 0.3 is 0 Å². The SMILES string of the molecule is CCS(=O)(=O)CCN=C(N)Nc1cccc(C(C)C)c1. The van der Waals surface area contributed by atoms with E-state index in [0.717, 1.165) is 5.69 Å². The van der Waals surface area contributed by atoms with Gasteiger partial charge in [-0.05, 0) is 23.6 Å². The zero-order valence-corrected chi connectivity index (χ0v) is 13.1. The van der Waals surface area contributed by atoms with Gasteiger partial charge in [0.2, 0.25) is 0 Å². The van der Waals surface area contributed by atoms with E-state index >= 15 is 0 Å². The first-order valence-electron chi connectivity index (χ1n) is 6.71. The third-order valence-corrected chi connectivity index (χ3v) is 4.63. The maximum atomic E-state index is 11.3. The van der Waals surface area contributed by atoms with Crippen molar-refractivity contribution in [2.75, 3.05) is 23.4 Å². The molecule has 1 aromatic rings. The summed E-state index contributed by atoms with van der Waals surface area (Å²) in [4.78, 5) is 4.03. The molecule has 0 saturated heterocycles. The molecule has 0 bridgehead atoms. The Kier molecular flexibility index (Phi) is 6.01. The predicted octanol–water partition coefficient (Wildman–Crippen LogP) is 1.97. The van der Waals surface area contributed by atoms with Crippen LogP contribution in [-0.4, -0.2) is 32.4 Å². The molecular weight excluding hydrogens is 274 g/mol. The summed E-state index contributed by atoms with van der Waals surface area (Å²) in [6, 6.07) is 7.91. The molecule has 1 aromatic carbocycles. The number of sulfone groups is 1. The average molecular weight is 297 g/mol. The minimum atomic E-state index is -3.00. The van der Waals surface area contributed by atoms with Crippen LogP contribution in [0.25, 0.3) is 0 Å². The van der Waals surface area contributed by atoms with Gasteiger partial charge in [-0.1, -0.05) is 32.9 Å². The monoisotopic (exact) mass is 297 g/mol. The van der Waals surface area contributed by atoms with Crippen molar-refractivity contribution in [1.82, 2.24) is 0 Å². The highest BCUT2D eigenvalue weighted by Gasteiger charge is 2.06. The molecule has 1 rings (SSSR count). The van der Waals surface area contributed by atoms with Crippen LogP contribution in [0.15, 0.2) is 29.3 Å². The normalized spacial score (nSPS) is 12.7. The van der Waals surface area contributed by atoms with Gasteiger partial charge in [-0.3, -0.25) is 4.99 Å². The minimum Gasteiger partial charge on any atom is -0.370 e. The fourth-order valence-electron chi connectivity index (χ4n) is 1.61. The van der Waals surface area contributed by atoms with E-state index in [0.29, 0.717) is 5.92 Å². The fraction of sp³-hybridized carbons (Fsp3) is 0.500. The molecule has 0 radical (unpaired) electrons. The highest BCUT2D eigenvalue weighted by molar-refractivity contribution is 7.91. The maximum Gasteiger partial charge on any atom is 0.193 e. The van der Waals surface area contributed by atoms with Crippen LogP contribution in [-0.2, 0) is 9.84 Å². The van der Waals surface area contributed by atoms with Gasteiger partial charge < -0.3 is 11.1 Å². The van der Waals surface area contributed by atoms with Crippen LogP contribution in [0.1, 0.15) is 32.3 Å². The minimum absolute atomic E-state index is 0.0257. The van der Waals surface area contributed by atoms with Crippen molar-refractivity contribution < 1.29 is 8.42 Å². The Balaban J connectivity index is 2.62. The van der Waals surface area contributed by atoms with E-state index in [4.69, 9.17) is 5.73 Å². The Morgan fingerprint density at radius 1 is 1.40 bits per heavy atom. The van der Waals surface area contributed by atoms with Gasteiger partial charge in [0.15, 0.2) is 15.8 Å². The van der Waals surface area contributed by atoms with Crippen molar-refractivity contribution >= 4 is 21.5 Å². The second-order valence-electron chi connectivity index (χ2n) is 4.91. The first-order valence-corrected chi connectivity index (χ1v) is 8.53. The van der Waals surface area contributed by atoms with E-state index in [1.165, 1.54) is 5.56 Å². The number of nitrogens with one attached hydrogen (secondary N) is 1. The van der Waals surface area contributed by atoms with E-state index in [9.17, 15) is 8.42 Å². The Morgan fingerprint density at radius 3 is 2.70 bits per heavy atom. The van der Waals surface area contributed by atoms with Crippen molar-refractivity contribution in [1.29, 1.82) is 0 Å². The molecule has 5 nitrogen and oxygen atoms in total. The number of hydrogen-bond donors (Lipinski definition) is 2. The molecule has 0 spiro atoms. The van der Waals surface area contributed by atoms with Crippen LogP contribution in [0, 0.1) is 0 Å². The van der Waals surface area contributed by atoms with E-state index < -0.39 is 9.84 Å². The molecule has 0 unspecified atom stereocenters. The van der Waals surface area contributed by atoms with Crippen molar-refractivity contribution in [2.45, 2.75) is 26.7 Å². The predicted molar refractivity (Wildman–Crippen MR) is 85.0 cm³/mol. The van der Waals surface area contributed by atoms with Gasteiger partial charge in [0.25, 0.3) is 0 Å². The molecule has 112 valence electrons. The van der Waals surface area contributed by atoms with Crippen LogP contribution < -0.4 is 11.1 Å². The lowest BCUT2D eigenvalue weighted by atomic mass is 10.0. The number of aliphatic imine (C=N–C) groups is 1. The Morgan fingerprint density at radius 2 is 2.10 bits per heavy atom. The standard InChI is InChI=1S/C14H23N3O2S/c1-4-20(18,19)9-8-16-14(15)17-13-7-5-6-12(10-13)11(2)3/h5-7,10-11H,4,8-9H2,1-3H3,(H3,15,16,17). The number of benzene rings is 1. The average Bonchev–Trinajstić information content (AvgIpc) is 2.38. The summed E-state index contributed by atoms with van der Waals surface area (Å²) in [5.41, 5.74) is 7.81. The van der Waals surface area contributed by atoms with E-state index in [-0.39, 0.29) is 24.0 Å². The highest BCUT2D eigenvalue weighted by atomic mass is 32.2. The quantitative estimate of drug-likeness (QED) is 0.621. The van der Waals surface area contributed by atoms with Crippen LogP contribution >= 0.6 is 0 Å². The zero-order valence-electron chi connectivity index (χ0n) is 12.3. The van der Waals surface area contributed by atoms with Crippen LogP contribution in [0.5, 0.6) is 0 Å². The molecule has 0 aliphatic heterocycles. The first kappa shape index (κ1) is 16.5. The van der Waals surface area contributed by atoms with Crippen LogP contribution in [0.3, 0.4) is 0 Å². The maximum absolute atomic E-state index is 11.3. The lowest BCUT2D eigenvalue weighted by Gasteiger charge is -2.10. The number of nitrogens with zero attached hydrogens (tertiary/aromatic N) is 1. The van der Waals surface area contributed by atoms with Crippen molar-refractivity contribution in [3.8, 4) is 0 Å². The summed E-state index contributed by atoms with van der Waals surface area (Å²) in [5, 5.41) is 2.97. The van der Waals surface area contributed by atoms with E-state index in [1.807, 2.05) is 18.2 Å². The number of guanidine groups is 1. The summed E-state index contributed by atoms with van der Waals surface area (Å²) in [5.74, 6) is 0.825. The highest BCUT2D eigenvalue weighted by Crippen LogP contribution is 2.18. The molecule has 0 aliphatic carbocycles. The summed E-state index contributed by atoms with van der Waals surface area (Å²) < 4.78 is 22.7. The molecule has 20 heavy (non-hydrogen) atoms. The molecule has 0 saturated carbocycles. The topological polar surface area (TPSA) is 84.5 Å². The van der Waals surface area contributed by atoms with Crippen molar-refractivity contribution in [3.05, 3.63) is 29.8 Å². The third-order valence-electron chi connectivity index (χ3n) is 2.95. The van der Waals surface area contributed by atoms with Gasteiger partial charge in [0.1, 0.15) is 0 Å². The van der Waals surface area contributed by atoms with Gasteiger partial charge in [-0.2, -0.15) is 0 Å². The Bertz CT molecular complexity index is 566. The van der Waals surface area contributed by atoms with Gasteiger partial charge in [0, 0.05) is 11.4 Å².